The van der Waals surface area contributed by atoms with Crippen LogP contribution in [-0.2, 0) is 11.2 Å². The lowest BCUT2D eigenvalue weighted by molar-refractivity contribution is -0.129. The van der Waals surface area contributed by atoms with Gasteiger partial charge in [-0.05, 0) is 32.9 Å². The van der Waals surface area contributed by atoms with Gasteiger partial charge in [-0.15, -0.1) is 11.3 Å². The zero-order chi connectivity index (χ0) is 11.4. The lowest BCUT2D eigenvalue weighted by atomic mass is 10.2. The number of nitrogens with one attached hydrogen (secondary N) is 1. The van der Waals surface area contributed by atoms with Crippen LogP contribution in [-0.4, -0.2) is 23.2 Å². The maximum absolute atomic E-state index is 11.2. The molecule has 0 aliphatic heterocycles. The Morgan fingerprint density at radius 1 is 1.53 bits per heavy atom. The standard InChI is InChI=1S/C11H17NO2S/c1-7(12-11(14)9(3)13)6-10-5-4-8(2)15-10/h4-5,7,9,13H,6H2,1-3H3,(H,12,14). The number of aliphatic hydroxyl groups excluding tert-OH is 1. The molecule has 1 heterocycles. The van der Waals surface area contributed by atoms with Crippen molar-refractivity contribution >= 4 is 17.2 Å². The van der Waals surface area contributed by atoms with Crippen LogP contribution in [0.15, 0.2) is 12.1 Å². The van der Waals surface area contributed by atoms with E-state index in [1.54, 1.807) is 11.3 Å². The van der Waals surface area contributed by atoms with E-state index in [0.29, 0.717) is 0 Å². The molecule has 1 aromatic heterocycles. The van der Waals surface area contributed by atoms with E-state index in [2.05, 4.69) is 24.4 Å². The molecule has 0 aliphatic carbocycles. The van der Waals surface area contributed by atoms with E-state index in [1.807, 2.05) is 6.92 Å². The highest BCUT2D eigenvalue weighted by Gasteiger charge is 2.12. The lowest BCUT2D eigenvalue weighted by Gasteiger charge is -2.14. The Hall–Kier alpha value is -0.870. The van der Waals surface area contributed by atoms with Crippen LogP contribution in [0, 0.1) is 6.92 Å². The quantitative estimate of drug-likeness (QED) is 0.818. The van der Waals surface area contributed by atoms with Crippen LogP contribution in [0.25, 0.3) is 0 Å². The molecule has 1 amide bonds. The van der Waals surface area contributed by atoms with Crippen molar-refractivity contribution < 1.29 is 9.90 Å². The Labute approximate surface area is 94.1 Å². The second-order valence-electron chi connectivity index (χ2n) is 3.80. The number of rotatable bonds is 4. The molecule has 2 N–H and O–H groups in total. The van der Waals surface area contributed by atoms with Crippen molar-refractivity contribution in [1.82, 2.24) is 5.32 Å². The van der Waals surface area contributed by atoms with Gasteiger partial charge in [-0.25, -0.2) is 0 Å². The highest BCUT2D eigenvalue weighted by molar-refractivity contribution is 7.11. The average molecular weight is 227 g/mol. The Morgan fingerprint density at radius 3 is 2.67 bits per heavy atom. The number of aliphatic hydroxyl groups is 1. The molecule has 1 rings (SSSR count). The van der Waals surface area contributed by atoms with Gasteiger partial charge in [0, 0.05) is 22.2 Å². The van der Waals surface area contributed by atoms with Crippen LogP contribution in [0.5, 0.6) is 0 Å². The Balaban J connectivity index is 2.42. The topological polar surface area (TPSA) is 49.3 Å². The van der Waals surface area contributed by atoms with Crippen molar-refractivity contribution in [3.8, 4) is 0 Å². The van der Waals surface area contributed by atoms with E-state index in [-0.39, 0.29) is 11.9 Å². The van der Waals surface area contributed by atoms with Crippen molar-refractivity contribution in [2.24, 2.45) is 0 Å². The van der Waals surface area contributed by atoms with Gasteiger partial charge in [0.05, 0.1) is 0 Å². The van der Waals surface area contributed by atoms with Crippen LogP contribution in [0.4, 0.5) is 0 Å². The SMILES string of the molecule is Cc1ccc(CC(C)NC(=O)C(C)O)s1. The summed E-state index contributed by atoms with van der Waals surface area (Å²) < 4.78 is 0. The minimum Gasteiger partial charge on any atom is -0.384 e. The first kappa shape index (κ1) is 12.2. The number of carbonyl (C=O) groups is 1. The van der Waals surface area contributed by atoms with Crippen LogP contribution in [0.1, 0.15) is 23.6 Å². The predicted octanol–water partition coefficient (Wildman–Crippen LogP) is 1.48. The van der Waals surface area contributed by atoms with Gasteiger partial charge in [0.2, 0.25) is 5.91 Å². The van der Waals surface area contributed by atoms with Gasteiger partial charge >= 0.3 is 0 Å². The molecule has 0 aromatic carbocycles. The zero-order valence-electron chi connectivity index (χ0n) is 9.28. The molecule has 3 nitrogen and oxygen atoms in total. The fourth-order valence-electron chi connectivity index (χ4n) is 1.31. The lowest BCUT2D eigenvalue weighted by Crippen LogP contribution is -2.39. The summed E-state index contributed by atoms with van der Waals surface area (Å²) in [5, 5.41) is 11.8. The highest BCUT2D eigenvalue weighted by atomic mass is 32.1. The van der Waals surface area contributed by atoms with Crippen LogP contribution < -0.4 is 5.32 Å². The normalized spacial score (nSPS) is 14.7. The number of aryl methyl sites for hydroxylation is 1. The number of hydrogen-bond donors (Lipinski definition) is 2. The summed E-state index contributed by atoms with van der Waals surface area (Å²) in [5.74, 6) is -0.309. The third kappa shape index (κ3) is 4.01. The van der Waals surface area contributed by atoms with Crippen molar-refractivity contribution in [2.75, 3.05) is 0 Å². The third-order valence-electron chi connectivity index (χ3n) is 2.07. The van der Waals surface area contributed by atoms with E-state index in [1.165, 1.54) is 16.7 Å². The van der Waals surface area contributed by atoms with Gasteiger partial charge < -0.3 is 10.4 Å². The summed E-state index contributed by atoms with van der Waals surface area (Å²) in [6.07, 6.45) is -0.116. The van der Waals surface area contributed by atoms with Gasteiger partial charge in [-0.2, -0.15) is 0 Å². The van der Waals surface area contributed by atoms with Gasteiger partial charge in [-0.1, -0.05) is 0 Å². The molecule has 2 atom stereocenters. The number of thiophene rings is 1. The number of carbonyl (C=O) groups excluding carboxylic acids is 1. The molecule has 84 valence electrons. The molecule has 0 saturated heterocycles. The maximum atomic E-state index is 11.2. The second-order valence-corrected chi connectivity index (χ2v) is 5.17. The minimum absolute atomic E-state index is 0.0603. The summed E-state index contributed by atoms with van der Waals surface area (Å²) in [6, 6.07) is 4.21. The zero-order valence-corrected chi connectivity index (χ0v) is 10.1. The molecule has 1 aromatic rings. The Kier molecular flexibility index (Phi) is 4.29. The van der Waals surface area contributed by atoms with Crippen LogP contribution >= 0.6 is 11.3 Å². The third-order valence-corrected chi connectivity index (χ3v) is 3.09. The van der Waals surface area contributed by atoms with Crippen molar-refractivity contribution in [3.05, 3.63) is 21.9 Å². The fourth-order valence-corrected chi connectivity index (χ4v) is 2.33. The monoisotopic (exact) mass is 227 g/mol. The van der Waals surface area contributed by atoms with Gasteiger partial charge in [0.25, 0.3) is 0 Å². The van der Waals surface area contributed by atoms with E-state index in [0.717, 1.165) is 6.42 Å². The summed E-state index contributed by atoms with van der Waals surface area (Å²) in [6.45, 7) is 5.47. The van der Waals surface area contributed by atoms with Gasteiger partial charge in [0.15, 0.2) is 0 Å². The minimum atomic E-state index is -0.933. The average Bonchev–Trinajstić information content (AvgIpc) is 2.50. The van der Waals surface area contributed by atoms with Crippen LogP contribution in [0.2, 0.25) is 0 Å². The summed E-state index contributed by atoms with van der Waals surface area (Å²) >= 11 is 1.74. The smallest absolute Gasteiger partial charge is 0.248 e. The molecule has 0 aliphatic rings. The van der Waals surface area contributed by atoms with Crippen molar-refractivity contribution in [3.63, 3.8) is 0 Å². The number of hydrogen-bond acceptors (Lipinski definition) is 3. The Morgan fingerprint density at radius 2 is 2.20 bits per heavy atom. The van der Waals surface area contributed by atoms with E-state index < -0.39 is 6.10 Å². The molecule has 2 unspecified atom stereocenters. The van der Waals surface area contributed by atoms with E-state index in [4.69, 9.17) is 5.11 Å². The first-order valence-electron chi connectivity index (χ1n) is 5.03. The highest BCUT2D eigenvalue weighted by Crippen LogP contribution is 2.16. The molecule has 0 saturated carbocycles. The van der Waals surface area contributed by atoms with E-state index >= 15 is 0 Å². The number of amides is 1. The van der Waals surface area contributed by atoms with Crippen molar-refractivity contribution in [1.29, 1.82) is 0 Å². The van der Waals surface area contributed by atoms with Crippen LogP contribution in [0.3, 0.4) is 0 Å². The molecule has 15 heavy (non-hydrogen) atoms. The summed E-state index contributed by atoms with van der Waals surface area (Å²) in [5.41, 5.74) is 0. The molecule has 4 heteroatoms. The molecule has 0 spiro atoms. The maximum Gasteiger partial charge on any atom is 0.248 e. The first-order valence-corrected chi connectivity index (χ1v) is 5.84. The fraction of sp³-hybridized carbons (Fsp3) is 0.545. The predicted molar refractivity (Wildman–Crippen MR) is 62.0 cm³/mol. The van der Waals surface area contributed by atoms with Gasteiger partial charge in [0.1, 0.15) is 6.10 Å². The molecular weight excluding hydrogens is 210 g/mol. The molecular formula is C11H17NO2S. The second kappa shape index (κ2) is 5.28. The first-order chi connectivity index (χ1) is 6.99. The molecule has 0 bridgehead atoms. The summed E-state index contributed by atoms with van der Waals surface area (Å²) in [4.78, 5) is 13.7. The van der Waals surface area contributed by atoms with Crippen molar-refractivity contribution in [2.45, 2.75) is 39.3 Å². The molecule has 0 radical (unpaired) electrons. The Bertz CT molecular complexity index is 333. The molecule has 0 fully saturated rings. The van der Waals surface area contributed by atoms with Gasteiger partial charge in [-0.3, -0.25) is 4.79 Å². The largest absolute Gasteiger partial charge is 0.384 e. The van der Waals surface area contributed by atoms with E-state index in [9.17, 15) is 4.79 Å². The summed E-state index contributed by atoms with van der Waals surface area (Å²) in [7, 11) is 0.